The maximum atomic E-state index is 13.3. The van der Waals surface area contributed by atoms with Crippen molar-refractivity contribution in [3.8, 4) is 0 Å². The summed E-state index contributed by atoms with van der Waals surface area (Å²) in [6.07, 6.45) is 0. The van der Waals surface area contributed by atoms with E-state index in [4.69, 9.17) is 0 Å². The molecule has 0 radical (unpaired) electrons. The lowest BCUT2D eigenvalue weighted by molar-refractivity contribution is 0.566. The molecule has 0 fully saturated rings. The molecule has 2 aromatic carbocycles. The summed E-state index contributed by atoms with van der Waals surface area (Å²) in [6.45, 7) is 2.52. The van der Waals surface area contributed by atoms with Crippen LogP contribution >= 0.6 is 0 Å². The van der Waals surface area contributed by atoms with Gasteiger partial charge in [-0.1, -0.05) is 12.1 Å². The average Bonchev–Trinajstić information content (AvgIpc) is 2.56. The van der Waals surface area contributed by atoms with Crippen molar-refractivity contribution in [2.24, 2.45) is 0 Å². The van der Waals surface area contributed by atoms with Gasteiger partial charge in [-0.05, 0) is 49.2 Å². The van der Waals surface area contributed by atoms with Crippen LogP contribution in [0, 0.1) is 25.5 Å². The molecule has 0 aliphatic rings. The largest absolute Gasteiger partial charge is 0.240 e. The molecule has 0 bridgehead atoms. The van der Waals surface area contributed by atoms with Crippen molar-refractivity contribution >= 4 is 20.0 Å². The second kappa shape index (κ2) is 7.78. The number of halogens is 2. The van der Waals surface area contributed by atoms with Gasteiger partial charge in [0.1, 0.15) is 11.6 Å². The smallest absolute Gasteiger partial charge is 0.210 e. The van der Waals surface area contributed by atoms with E-state index in [0.717, 1.165) is 24.3 Å². The first-order valence-electron chi connectivity index (χ1n) is 7.54. The predicted octanol–water partition coefficient (Wildman–Crippen LogP) is 1.84. The summed E-state index contributed by atoms with van der Waals surface area (Å²) in [4.78, 5) is -0.442. The predicted molar refractivity (Wildman–Crippen MR) is 92.7 cm³/mol. The molecule has 0 saturated carbocycles. The Kier molecular flexibility index (Phi) is 6.12. The van der Waals surface area contributed by atoms with Crippen molar-refractivity contribution in [2.45, 2.75) is 23.6 Å². The highest BCUT2D eigenvalue weighted by Crippen LogP contribution is 2.17. The first-order chi connectivity index (χ1) is 12.0. The monoisotopic (exact) mass is 404 g/mol. The number of hydrogen-bond acceptors (Lipinski definition) is 4. The van der Waals surface area contributed by atoms with E-state index in [1.807, 2.05) is 0 Å². The molecule has 0 aromatic heterocycles. The van der Waals surface area contributed by atoms with Crippen molar-refractivity contribution in [1.29, 1.82) is 0 Å². The fourth-order valence-electron chi connectivity index (χ4n) is 2.25. The summed E-state index contributed by atoms with van der Waals surface area (Å²) in [5, 5.41) is 0. The zero-order valence-electron chi connectivity index (χ0n) is 14.1. The standard InChI is InChI=1S/C16H18F2N2O4S2/c1-11-3-5-13(17)9-15(11)25(21,22)19-7-8-20-26(23,24)16-10-14(18)6-4-12(16)2/h3-6,9-10,19-20H,7-8H2,1-2H3. The van der Waals surface area contributed by atoms with Crippen LogP contribution in [0.3, 0.4) is 0 Å². The van der Waals surface area contributed by atoms with Crippen LogP contribution in [-0.2, 0) is 20.0 Å². The second-order valence-corrected chi connectivity index (χ2v) is 9.09. The second-order valence-electron chi connectivity index (χ2n) is 5.62. The fourth-order valence-corrected chi connectivity index (χ4v) is 4.83. The number of aryl methyl sites for hydroxylation is 2. The van der Waals surface area contributed by atoms with Gasteiger partial charge in [-0.2, -0.15) is 0 Å². The van der Waals surface area contributed by atoms with Crippen LogP contribution in [0.1, 0.15) is 11.1 Å². The number of rotatable bonds is 7. The lowest BCUT2D eigenvalue weighted by atomic mass is 10.2. The third-order valence-electron chi connectivity index (χ3n) is 3.59. The van der Waals surface area contributed by atoms with E-state index in [9.17, 15) is 25.6 Å². The quantitative estimate of drug-likeness (QED) is 0.689. The van der Waals surface area contributed by atoms with Gasteiger partial charge in [-0.3, -0.25) is 0 Å². The minimum atomic E-state index is -4.00. The summed E-state index contributed by atoms with van der Waals surface area (Å²) in [5.74, 6) is -1.39. The molecule has 0 unspecified atom stereocenters. The third-order valence-corrected chi connectivity index (χ3v) is 6.79. The van der Waals surface area contributed by atoms with Crippen LogP contribution in [0.4, 0.5) is 8.78 Å². The van der Waals surface area contributed by atoms with Gasteiger partial charge < -0.3 is 0 Å². The van der Waals surface area contributed by atoms with Crippen molar-refractivity contribution < 1.29 is 25.6 Å². The third kappa shape index (κ3) is 4.85. The number of hydrogen-bond donors (Lipinski definition) is 2. The van der Waals surface area contributed by atoms with E-state index in [1.54, 1.807) is 0 Å². The van der Waals surface area contributed by atoms with E-state index in [0.29, 0.717) is 11.1 Å². The average molecular weight is 404 g/mol. The Bertz CT molecular complexity index is 939. The van der Waals surface area contributed by atoms with Gasteiger partial charge in [-0.15, -0.1) is 0 Å². The molecule has 2 aromatic rings. The van der Waals surface area contributed by atoms with Gasteiger partial charge in [0, 0.05) is 13.1 Å². The van der Waals surface area contributed by atoms with E-state index in [2.05, 4.69) is 9.44 Å². The Labute approximate surface area is 151 Å². The maximum absolute atomic E-state index is 13.3. The zero-order chi connectivity index (χ0) is 19.5. The van der Waals surface area contributed by atoms with Crippen molar-refractivity contribution in [3.63, 3.8) is 0 Å². The minimum absolute atomic E-state index is 0.221. The molecule has 0 saturated heterocycles. The Hall–Kier alpha value is -1.88. The normalized spacial score (nSPS) is 12.3. The highest BCUT2D eigenvalue weighted by atomic mass is 32.2. The molecule has 26 heavy (non-hydrogen) atoms. The number of sulfonamides is 2. The van der Waals surface area contributed by atoms with Gasteiger partial charge in [0.25, 0.3) is 0 Å². The van der Waals surface area contributed by atoms with Crippen molar-refractivity contribution in [1.82, 2.24) is 9.44 Å². The molecule has 0 aliphatic heterocycles. The topological polar surface area (TPSA) is 92.3 Å². The van der Waals surface area contributed by atoms with E-state index in [1.165, 1.54) is 26.0 Å². The van der Waals surface area contributed by atoms with Crippen LogP contribution in [0.15, 0.2) is 46.2 Å². The molecule has 0 amide bonds. The van der Waals surface area contributed by atoms with Crippen LogP contribution in [0.2, 0.25) is 0 Å². The van der Waals surface area contributed by atoms with Gasteiger partial charge in [-0.25, -0.2) is 35.1 Å². The Morgan fingerprint density at radius 3 is 1.42 bits per heavy atom. The molecule has 142 valence electrons. The van der Waals surface area contributed by atoms with Gasteiger partial charge in [0.15, 0.2) is 0 Å². The molecular formula is C16H18F2N2O4S2. The maximum Gasteiger partial charge on any atom is 0.240 e. The zero-order valence-corrected chi connectivity index (χ0v) is 15.7. The Morgan fingerprint density at radius 2 is 1.08 bits per heavy atom. The van der Waals surface area contributed by atoms with Gasteiger partial charge >= 0.3 is 0 Å². The van der Waals surface area contributed by atoms with E-state index >= 15 is 0 Å². The summed E-state index contributed by atoms with van der Waals surface area (Å²) >= 11 is 0. The summed E-state index contributed by atoms with van der Waals surface area (Å²) < 4.78 is 79.7. The van der Waals surface area contributed by atoms with Crippen LogP contribution in [0.25, 0.3) is 0 Å². The van der Waals surface area contributed by atoms with Crippen LogP contribution in [0.5, 0.6) is 0 Å². The Morgan fingerprint density at radius 1 is 0.731 bits per heavy atom. The molecule has 0 aliphatic carbocycles. The van der Waals surface area contributed by atoms with Crippen LogP contribution < -0.4 is 9.44 Å². The van der Waals surface area contributed by atoms with Crippen LogP contribution in [-0.4, -0.2) is 29.9 Å². The summed E-state index contributed by atoms with van der Waals surface area (Å²) in [7, 11) is -7.99. The van der Waals surface area contributed by atoms with Crippen molar-refractivity contribution in [3.05, 3.63) is 59.2 Å². The van der Waals surface area contributed by atoms with E-state index in [-0.39, 0.29) is 22.9 Å². The highest BCUT2D eigenvalue weighted by molar-refractivity contribution is 7.90. The first kappa shape index (κ1) is 20.4. The lowest BCUT2D eigenvalue weighted by Crippen LogP contribution is -2.35. The van der Waals surface area contributed by atoms with Gasteiger partial charge in [0.05, 0.1) is 9.79 Å². The highest BCUT2D eigenvalue weighted by Gasteiger charge is 2.19. The molecule has 2 rings (SSSR count). The number of benzene rings is 2. The number of nitrogens with one attached hydrogen (secondary N) is 2. The lowest BCUT2D eigenvalue weighted by Gasteiger charge is -2.11. The van der Waals surface area contributed by atoms with E-state index < -0.39 is 31.7 Å². The molecule has 6 nitrogen and oxygen atoms in total. The molecule has 0 heterocycles. The van der Waals surface area contributed by atoms with Crippen molar-refractivity contribution in [2.75, 3.05) is 13.1 Å². The molecule has 2 N–H and O–H groups in total. The molecule has 0 spiro atoms. The first-order valence-corrected chi connectivity index (χ1v) is 10.5. The molecular weight excluding hydrogens is 386 g/mol. The minimum Gasteiger partial charge on any atom is -0.210 e. The summed E-state index contributed by atoms with van der Waals surface area (Å²) in [6, 6.07) is 6.72. The summed E-state index contributed by atoms with van der Waals surface area (Å²) in [5.41, 5.74) is 0.713. The molecule has 10 heteroatoms. The fraction of sp³-hybridized carbons (Fsp3) is 0.250. The Balaban J connectivity index is 2.04. The SMILES string of the molecule is Cc1ccc(F)cc1S(=O)(=O)NCCNS(=O)(=O)c1cc(F)ccc1C. The van der Waals surface area contributed by atoms with Gasteiger partial charge in [0.2, 0.25) is 20.0 Å². The molecule has 0 atom stereocenters.